The van der Waals surface area contributed by atoms with E-state index in [1.54, 1.807) is 11.3 Å². The summed E-state index contributed by atoms with van der Waals surface area (Å²) in [6.45, 7) is 5.15. The predicted octanol–water partition coefficient (Wildman–Crippen LogP) is 2.69. The Bertz CT molecular complexity index is 375. The smallest absolute Gasteiger partial charge is 0.410 e. The monoisotopic (exact) mass is 239 g/mol. The number of carbonyl (C=O) groups excluding carboxylic acids is 1. The molecule has 1 unspecified atom stereocenters. The molecule has 0 spiro atoms. The zero-order chi connectivity index (χ0) is 11.5. The highest BCUT2D eigenvalue weighted by molar-refractivity contribution is 7.10. The lowest BCUT2D eigenvalue weighted by Gasteiger charge is -2.26. The first-order chi connectivity index (χ1) is 7.72. The van der Waals surface area contributed by atoms with Crippen LogP contribution in [-0.2, 0) is 17.6 Å². The highest BCUT2D eigenvalue weighted by atomic mass is 32.1. The van der Waals surface area contributed by atoms with Crippen LogP contribution >= 0.6 is 11.3 Å². The van der Waals surface area contributed by atoms with Crippen molar-refractivity contribution in [1.29, 1.82) is 0 Å². The molecule has 1 aliphatic rings. The normalized spacial score (nSPS) is 20.1. The molecular weight excluding hydrogens is 222 g/mol. The second kappa shape index (κ2) is 4.87. The lowest BCUT2D eigenvalue weighted by molar-refractivity contribution is 0.0949. The molecule has 2 heterocycles. The summed E-state index contributed by atoms with van der Waals surface area (Å²) < 4.78 is 5.07. The Balaban J connectivity index is 2.09. The quantitative estimate of drug-likeness (QED) is 0.754. The Morgan fingerprint density at radius 3 is 3.25 bits per heavy atom. The maximum atomic E-state index is 11.7. The van der Waals surface area contributed by atoms with E-state index in [-0.39, 0.29) is 12.1 Å². The second-order valence-electron chi connectivity index (χ2n) is 4.06. The Labute approximate surface area is 100 Å². The van der Waals surface area contributed by atoms with Crippen LogP contribution in [0.25, 0.3) is 0 Å². The summed E-state index contributed by atoms with van der Waals surface area (Å²) in [6, 6.07) is 2.40. The molecule has 3 nitrogen and oxygen atoms in total. The lowest BCUT2D eigenvalue weighted by Crippen LogP contribution is -2.40. The number of fused-ring (bicyclic) bond motifs is 1. The van der Waals surface area contributed by atoms with Crippen molar-refractivity contribution in [3.05, 3.63) is 21.9 Å². The van der Waals surface area contributed by atoms with Gasteiger partial charge >= 0.3 is 6.09 Å². The van der Waals surface area contributed by atoms with Crippen molar-refractivity contribution >= 4 is 17.4 Å². The van der Waals surface area contributed by atoms with Gasteiger partial charge in [0.05, 0.1) is 6.61 Å². The van der Waals surface area contributed by atoms with Crippen molar-refractivity contribution in [2.24, 2.45) is 0 Å². The lowest BCUT2D eigenvalue weighted by atomic mass is 10.1. The van der Waals surface area contributed by atoms with Crippen molar-refractivity contribution in [3.63, 3.8) is 0 Å². The summed E-state index contributed by atoms with van der Waals surface area (Å²) in [5.74, 6) is 0. The minimum atomic E-state index is -0.176. The minimum Gasteiger partial charge on any atom is -0.450 e. The topological polar surface area (TPSA) is 29.5 Å². The van der Waals surface area contributed by atoms with Gasteiger partial charge in [0.15, 0.2) is 0 Å². The van der Waals surface area contributed by atoms with E-state index in [0.717, 1.165) is 19.4 Å². The molecule has 0 saturated heterocycles. The average Bonchev–Trinajstić information content (AvgIpc) is 2.60. The molecule has 1 atom stereocenters. The third-order valence-corrected chi connectivity index (χ3v) is 3.99. The molecule has 0 N–H and O–H groups in total. The van der Waals surface area contributed by atoms with Gasteiger partial charge in [-0.25, -0.2) is 4.79 Å². The van der Waals surface area contributed by atoms with Gasteiger partial charge in [-0.2, -0.15) is 0 Å². The summed E-state index contributed by atoms with van der Waals surface area (Å²) in [6.07, 6.45) is 1.72. The van der Waals surface area contributed by atoms with Gasteiger partial charge in [-0.05, 0) is 43.7 Å². The van der Waals surface area contributed by atoms with Gasteiger partial charge < -0.3 is 9.64 Å². The van der Waals surface area contributed by atoms with Gasteiger partial charge in [-0.15, -0.1) is 11.3 Å². The first-order valence-electron chi connectivity index (χ1n) is 5.71. The number of nitrogens with zero attached hydrogens (tertiary/aromatic N) is 1. The van der Waals surface area contributed by atoms with Crippen LogP contribution in [0.15, 0.2) is 11.4 Å². The van der Waals surface area contributed by atoms with E-state index in [2.05, 4.69) is 18.4 Å². The van der Waals surface area contributed by atoms with Gasteiger partial charge in [-0.1, -0.05) is 0 Å². The van der Waals surface area contributed by atoms with Crippen LogP contribution in [-0.4, -0.2) is 30.2 Å². The molecule has 1 aliphatic heterocycles. The summed E-state index contributed by atoms with van der Waals surface area (Å²) in [5.41, 5.74) is 1.39. The maximum absolute atomic E-state index is 11.7. The average molecular weight is 239 g/mol. The first-order valence-corrected chi connectivity index (χ1v) is 6.59. The summed E-state index contributed by atoms with van der Waals surface area (Å²) in [5, 5.41) is 2.14. The van der Waals surface area contributed by atoms with Crippen molar-refractivity contribution < 1.29 is 9.53 Å². The zero-order valence-corrected chi connectivity index (χ0v) is 10.5. The molecule has 1 amide bonds. The fraction of sp³-hybridized carbons (Fsp3) is 0.583. The molecule has 88 valence electrons. The minimum absolute atomic E-state index is 0.176. The molecule has 0 saturated carbocycles. The van der Waals surface area contributed by atoms with E-state index >= 15 is 0 Å². The van der Waals surface area contributed by atoms with Crippen LogP contribution in [0.4, 0.5) is 4.79 Å². The van der Waals surface area contributed by atoms with Crippen LogP contribution in [0.3, 0.4) is 0 Å². The number of carbonyl (C=O) groups is 1. The van der Waals surface area contributed by atoms with Gasteiger partial charge in [0.1, 0.15) is 0 Å². The number of rotatable bonds is 1. The first kappa shape index (κ1) is 11.5. The van der Waals surface area contributed by atoms with E-state index in [1.165, 1.54) is 10.4 Å². The molecule has 2 rings (SSSR count). The Morgan fingerprint density at radius 2 is 2.50 bits per heavy atom. The number of hydrogen-bond donors (Lipinski definition) is 0. The Kier molecular flexibility index (Phi) is 3.49. The molecule has 0 fully saturated rings. The van der Waals surface area contributed by atoms with E-state index in [0.29, 0.717) is 6.61 Å². The molecule has 0 aliphatic carbocycles. The largest absolute Gasteiger partial charge is 0.450 e. The highest BCUT2D eigenvalue weighted by Gasteiger charge is 2.25. The van der Waals surface area contributed by atoms with Gasteiger partial charge in [-0.3, -0.25) is 0 Å². The molecule has 4 heteroatoms. The predicted molar refractivity (Wildman–Crippen MR) is 64.9 cm³/mol. The Hall–Kier alpha value is -1.03. The van der Waals surface area contributed by atoms with Crippen LogP contribution in [0.2, 0.25) is 0 Å². The third-order valence-electron chi connectivity index (χ3n) is 2.97. The molecule has 1 aromatic rings. The van der Waals surface area contributed by atoms with Crippen molar-refractivity contribution in [2.75, 3.05) is 13.2 Å². The van der Waals surface area contributed by atoms with Crippen molar-refractivity contribution in [2.45, 2.75) is 32.7 Å². The molecule has 0 aromatic carbocycles. The number of amides is 1. The third kappa shape index (κ3) is 2.21. The van der Waals surface area contributed by atoms with Gasteiger partial charge in [0.25, 0.3) is 0 Å². The fourth-order valence-corrected chi connectivity index (χ4v) is 3.03. The Morgan fingerprint density at radius 1 is 1.69 bits per heavy atom. The maximum Gasteiger partial charge on any atom is 0.410 e. The van der Waals surface area contributed by atoms with Gasteiger partial charge in [0.2, 0.25) is 0 Å². The molecule has 16 heavy (non-hydrogen) atoms. The van der Waals surface area contributed by atoms with Crippen LogP contribution in [0.5, 0.6) is 0 Å². The van der Waals surface area contributed by atoms with E-state index in [4.69, 9.17) is 4.74 Å². The number of ether oxygens (including phenoxy) is 1. The molecular formula is C12H17NO2S. The standard InChI is InChI=1S/C12H17NO2S/c1-3-15-12(14)13-6-4-11-10(5-7-16-11)8-9(13)2/h5,7,9H,3-4,6,8H2,1-2H3. The zero-order valence-electron chi connectivity index (χ0n) is 9.73. The molecule has 1 aromatic heterocycles. The fourth-order valence-electron chi connectivity index (χ4n) is 2.12. The van der Waals surface area contributed by atoms with Crippen LogP contribution < -0.4 is 0 Å². The number of thiophene rings is 1. The van der Waals surface area contributed by atoms with Crippen molar-refractivity contribution in [3.8, 4) is 0 Å². The molecule has 0 radical (unpaired) electrons. The number of hydrogen-bond acceptors (Lipinski definition) is 3. The van der Waals surface area contributed by atoms with E-state index in [9.17, 15) is 4.79 Å². The van der Waals surface area contributed by atoms with E-state index in [1.807, 2.05) is 11.8 Å². The van der Waals surface area contributed by atoms with Gasteiger partial charge in [0, 0.05) is 17.5 Å². The SMILES string of the molecule is CCOC(=O)N1CCc2sccc2CC1C. The van der Waals surface area contributed by atoms with E-state index < -0.39 is 0 Å². The van der Waals surface area contributed by atoms with Crippen LogP contribution in [0, 0.1) is 0 Å². The van der Waals surface area contributed by atoms with Crippen LogP contribution in [0.1, 0.15) is 24.3 Å². The van der Waals surface area contributed by atoms with Crippen molar-refractivity contribution in [1.82, 2.24) is 4.90 Å². The second-order valence-corrected chi connectivity index (χ2v) is 5.07. The summed E-state index contributed by atoms with van der Waals surface area (Å²) in [4.78, 5) is 15.0. The molecule has 0 bridgehead atoms. The highest BCUT2D eigenvalue weighted by Crippen LogP contribution is 2.24. The summed E-state index contributed by atoms with van der Waals surface area (Å²) in [7, 11) is 0. The summed E-state index contributed by atoms with van der Waals surface area (Å²) >= 11 is 1.79.